The van der Waals surface area contributed by atoms with Crippen molar-refractivity contribution < 1.29 is 0 Å². The lowest BCUT2D eigenvalue weighted by Crippen LogP contribution is -2.53. The molecule has 9 aromatic rings. The third-order valence-electron chi connectivity index (χ3n) is 11.6. The fraction of sp³-hybridized carbons (Fsp3) is 0.100. The Morgan fingerprint density at radius 1 is 0.564 bits per heavy atom. The van der Waals surface area contributed by atoms with Crippen molar-refractivity contribution in [1.29, 1.82) is 0 Å². The van der Waals surface area contributed by atoms with Gasteiger partial charge in [-0.1, -0.05) is 121 Å². The number of para-hydroxylation sites is 3. The molecule has 1 N–H and O–H groups in total. The van der Waals surface area contributed by atoms with Crippen molar-refractivity contribution in [3.05, 3.63) is 193 Å². The number of nitrogens with zero attached hydrogens (tertiary/aromatic N) is 4. The van der Waals surface area contributed by atoms with Gasteiger partial charge in [0.2, 0.25) is 0 Å². The lowest BCUT2D eigenvalue weighted by Gasteiger charge is -2.40. The van der Waals surface area contributed by atoms with Crippen LogP contribution in [0.15, 0.2) is 187 Å². The van der Waals surface area contributed by atoms with Crippen molar-refractivity contribution in [1.82, 2.24) is 19.4 Å². The maximum Gasteiger partial charge on any atom is 0.132 e. The van der Waals surface area contributed by atoms with Gasteiger partial charge < -0.3 is 14.5 Å². The van der Waals surface area contributed by atoms with Crippen LogP contribution in [-0.4, -0.2) is 33.1 Å². The zero-order valence-electron chi connectivity index (χ0n) is 30.6. The topological polar surface area (TPSA) is 37.5 Å². The number of amidine groups is 1. The zero-order valence-corrected chi connectivity index (χ0v) is 30.6. The molecule has 5 nitrogen and oxygen atoms in total. The van der Waals surface area contributed by atoms with E-state index in [0.29, 0.717) is 0 Å². The molecule has 11 rings (SSSR count). The highest BCUT2D eigenvalue weighted by atomic mass is 15.4. The molecule has 0 bridgehead atoms. The quantitative estimate of drug-likeness (QED) is 0.193. The van der Waals surface area contributed by atoms with Gasteiger partial charge in [-0.15, -0.1) is 0 Å². The molecule has 2 aromatic heterocycles. The average molecular weight is 710 g/mol. The van der Waals surface area contributed by atoms with E-state index in [1.807, 2.05) is 0 Å². The molecule has 0 fully saturated rings. The second-order valence-corrected chi connectivity index (χ2v) is 14.9. The van der Waals surface area contributed by atoms with E-state index in [1.165, 1.54) is 65.5 Å². The number of likely N-dealkylation sites (N-methyl/N-ethyl adjacent to an activating group) is 1. The van der Waals surface area contributed by atoms with Crippen LogP contribution in [0.2, 0.25) is 0 Å². The number of benzene rings is 7. The van der Waals surface area contributed by atoms with Gasteiger partial charge in [0, 0.05) is 38.5 Å². The summed E-state index contributed by atoms with van der Waals surface area (Å²) in [7, 11) is 2.19. The molecular formula is C50H39N5. The van der Waals surface area contributed by atoms with E-state index >= 15 is 0 Å². The van der Waals surface area contributed by atoms with Gasteiger partial charge in [-0.2, -0.15) is 0 Å². The largest absolute Gasteiger partial charge is 0.351 e. The third kappa shape index (κ3) is 5.15. The Morgan fingerprint density at radius 3 is 1.91 bits per heavy atom. The van der Waals surface area contributed by atoms with Crippen LogP contribution in [0.4, 0.5) is 0 Å². The van der Waals surface area contributed by atoms with Gasteiger partial charge >= 0.3 is 0 Å². The molecule has 0 saturated carbocycles. The molecule has 7 aromatic carbocycles. The van der Waals surface area contributed by atoms with E-state index in [0.717, 1.165) is 35.6 Å². The Balaban J connectivity index is 1.06. The van der Waals surface area contributed by atoms with Gasteiger partial charge in [-0.05, 0) is 96.4 Å². The van der Waals surface area contributed by atoms with Crippen LogP contribution in [0.5, 0.6) is 0 Å². The second-order valence-electron chi connectivity index (χ2n) is 14.9. The standard InChI is InChI=1S/C50H39N5/c1-53-49(34-17-7-3-8-18-34)51-48(33-15-5-2-6-16-33)52-50(53)37-26-25-36-30-39(28-27-35(36)29-37)55-45-24-14-12-22-41(45)43-31-42-40-21-11-13-23-44(40)54(46(42)32-47(43)55)38-19-9-4-10-20-38/h2-7,9-17,19-32,49-50H,8,18H2,1H3,(H,51,52). The first-order chi connectivity index (χ1) is 27.2. The molecule has 2 aliphatic rings. The number of allylic oxidation sites excluding steroid dienone is 3. The van der Waals surface area contributed by atoms with Crippen LogP contribution in [0.25, 0.3) is 65.8 Å². The van der Waals surface area contributed by atoms with E-state index in [4.69, 9.17) is 4.99 Å². The van der Waals surface area contributed by atoms with Crippen molar-refractivity contribution in [2.45, 2.75) is 25.2 Å². The van der Waals surface area contributed by atoms with E-state index in [2.05, 4.69) is 202 Å². The predicted octanol–water partition coefficient (Wildman–Crippen LogP) is 11.6. The van der Waals surface area contributed by atoms with Crippen LogP contribution >= 0.6 is 0 Å². The molecule has 1 aliphatic heterocycles. The van der Waals surface area contributed by atoms with Crippen LogP contribution in [0, 0.1) is 0 Å². The fourth-order valence-corrected chi connectivity index (χ4v) is 9.01. The molecular weight excluding hydrogens is 671 g/mol. The molecule has 2 atom stereocenters. The SMILES string of the molecule is CN1C(C2=CC=CCC2)NC(c2ccccc2)=NC1c1ccc2cc(-n3c4ccccc4c4cc5c6ccccc6n(-c6ccccc6)c5cc43)ccc2c1. The fourth-order valence-electron chi connectivity index (χ4n) is 9.01. The summed E-state index contributed by atoms with van der Waals surface area (Å²) < 4.78 is 4.85. The van der Waals surface area contributed by atoms with Gasteiger partial charge in [0.05, 0.1) is 22.1 Å². The van der Waals surface area contributed by atoms with Crippen LogP contribution in [-0.2, 0) is 0 Å². The summed E-state index contributed by atoms with van der Waals surface area (Å²) in [5.74, 6) is 0.936. The first-order valence-corrected chi connectivity index (χ1v) is 19.2. The highest BCUT2D eigenvalue weighted by molar-refractivity contribution is 6.19. The van der Waals surface area contributed by atoms with Crippen molar-refractivity contribution in [3.8, 4) is 11.4 Å². The molecule has 264 valence electrons. The number of hydrogen-bond donors (Lipinski definition) is 1. The molecule has 1 aliphatic carbocycles. The van der Waals surface area contributed by atoms with E-state index in [9.17, 15) is 0 Å². The Bertz CT molecular complexity index is 3040. The van der Waals surface area contributed by atoms with Crippen molar-refractivity contribution in [2.75, 3.05) is 7.05 Å². The number of rotatable bonds is 5. The molecule has 5 heteroatoms. The highest BCUT2D eigenvalue weighted by Gasteiger charge is 2.32. The summed E-state index contributed by atoms with van der Waals surface area (Å²) in [6.45, 7) is 0. The summed E-state index contributed by atoms with van der Waals surface area (Å²) in [5, 5.41) is 11.2. The highest BCUT2D eigenvalue weighted by Crippen LogP contribution is 2.40. The summed E-state index contributed by atoms with van der Waals surface area (Å²) in [4.78, 5) is 7.71. The second kappa shape index (κ2) is 12.7. The molecule has 0 spiro atoms. The Morgan fingerprint density at radius 2 is 1.20 bits per heavy atom. The minimum atomic E-state index is -0.131. The van der Waals surface area contributed by atoms with Gasteiger partial charge in [-0.3, -0.25) is 4.90 Å². The van der Waals surface area contributed by atoms with Crippen LogP contribution < -0.4 is 5.32 Å². The van der Waals surface area contributed by atoms with Gasteiger partial charge in [0.1, 0.15) is 18.2 Å². The maximum absolute atomic E-state index is 5.33. The smallest absolute Gasteiger partial charge is 0.132 e. The maximum atomic E-state index is 5.33. The lowest BCUT2D eigenvalue weighted by atomic mass is 9.98. The van der Waals surface area contributed by atoms with Crippen molar-refractivity contribution in [2.24, 2.45) is 4.99 Å². The minimum absolute atomic E-state index is 0.0584. The monoisotopic (exact) mass is 709 g/mol. The normalized spacial score (nSPS) is 17.6. The zero-order chi connectivity index (χ0) is 36.5. The lowest BCUT2D eigenvalue weighted by molar-refractivity contribution is 0.173. The number of fused-ring (bicyclic) bond motifs is 7. The molecule has 3 heterocycles. The molecule has 0 radical (unpaired) electrons. The predicted molar refractivity (Wildman–Crippen MR) is 229 cm³/mol. The third-order valence-corrected chi connectivity index (χ3v) is 11.6. The van der Waals surface area contributed by atoms with E-state index in [1.54, 1.807) is 0 Å². The first kappa shape index (κ1) is 31.8. The number of aliphatic imine (C=N–C) groups is 1. The van der Waals surface area contributed by atoms with E-state index < -0.39 is 0 Å². The van der Waals surface area contributed by atoms with E-state index in [-0.39, 0.29) is 12.3 Å². The molecule has 0 saturated heterocycles. The van der Waals surface area contributed by atoms with Gasteiger partial charge in [-0.25, -0.2) is 4.99 Å². The minimum Gasteiger partial charge on any atom is -0.351 e. The summed E-state index contributed by atoms with van der Waals surface area (Å²) in [6, 6.07) is 57.4. The van der Waals surface area contributed by atoms with Gasteiger partial charge in [0.15, 0.2) is 0 Å². The number of nitrogens with one attached hydrogen (secondary N) is 1. The number of hydrogen-bond acceptors (Lipinski definition) is 3. The van der Waals surface area contributed by atoms with Gasteiger partial charge in [0.25, 0.3) is 0 Å². The Kier molecular flexibility index (Phi) is 7.36. The molecule has 2 unspecified atom stereocenters. The summed E-state index contributed by atoms with van der Waals surface area (Å²) in [5.41, 5.74) is 10.8. The Hall–Kier alpha value is -6.69. The summed E-state index contributed by atoms with van der Waals surface area (Å²) in [6.07, 6.45) is 8.73. The molecule has 0 amide bonds. The van der Waals surface area contributed by atoms with Crippen molar-refractivity contribution >= 4 is 60.2 Å². The summed E-state index contributed by atoms with van der Waals surface area (Å²) >= 11 is 0. The molecule has 55 heavy (non-hydrogen) atoms. The van der Waals surface area contributed by atoms with Crippen LogP contribution in [0.1, 0.15) is 30.1 Å². The number of aromatic nitrogens is 2. The van der Waals surface area contributed by atoms with Crippen molar-refractivity contribution in [3.63, 3.8) is 0 Å². The first-order valence-electron chi connectivity index (χ1n) is 19.2. The average Bonchev–Trinajstić information content (AvgIpc) is 3.75. The Labute approximate surface area is 319 Å². The van der Waals surface area contributed by atoms with Crippen LogP contribution in [0.3, 0.4) is 0 Å².